The monoisotopic (exact) mass is 243 g/mol. The summed E-state index contributed by atoms with van der Waals surface area (Å²) in [7, 11) is 1.21. The van der Waals surface area contributed by atoms with Crippen molar-refractivity contribution in [3.05, 3.63) is 29.1 Å². The average molecular weight is 243 g/mol. The molecule has 1 amide bonds. The standard InChI is InChI=1S/C10H8F3N3O/c1-15-9(17)8-6(10(11,12)13)3-5-16-7(8)2-4-14/h3,5H,2H2,1H3,(H,15,17). The Bertz CT molecular complexity index is 477. The van der Waals surface area contributed by atoms with Crippen LogP contribution in [0, 0.1) is 11.3 Å². The molecule has 0 aliphatic rings. The maximum absolute atomic E-state index is 12.7. The molecule has 1 aromatic heterocycles. The molecule has 0 bridgehead atoms. The van der Waals surface area contributed by atoms with Crippen molar-refractivity contribution in [2.45, 2.75) is 12.6 Å². The lowest BCUT2D eigenvalue weighted by atomic mass is 10.0. The van der Waals surface area contributed by atoms with E-state index >= 15 is 0 Å². The Balaban J connectivity index is 3.46. The minimum atomic E-state index is -4.66. The van der Waals surface area contributed by atoms with Crippen LogP contribution in [0.1, 0.15) is 21.6 Å². The number of nitrogens with zero attached hydrogens (tertiary/aromatic N) is 2. The molecule has 0 spiro atoms. The van der Waals surface area contributed by atoms with Gasteiger partial charge in [0.25, 0.3) is 5.91 Å². The number of hydrogen-bond donors (Lipinski definition) is 1. The van der Waals surface area contributed by atoms with Gasteiger partial charge in [-0.25, -0.2) is 0 Å². The van der Waals surface area contributed by atoms with Crippen LogP contribution < -0.4 is 5.32 Å². The van der Waals surface area contributed by atoms with Crippen molar-refractivity contribution in [3.8, 4) is 6.07 Å². The maximum atomic E-state index is 12.7. The average Bonchev–Trinajstić information content (AvgIpc) is 2.27. The van der Waals surface area contributed by atoms with Gasteiger partial charge < -0.3 is 5.32 Å². The van der Waals surface area contributed by atoms with Gasteiger partial charge in [-0.05, 0) is 6.07 Å². The molecule has 0 saturated carbocycles. The van der Waals surface area contributed by atoms with E-state index in [0.717, 1.165) is 6.20 Å². The Kier molecular flexibility index (Phi) is 3.68. The smallest absolute Gasteiger partial charge is 0.355 e. The molecule has 17 heavy (non-hydrogen) atoms. The molecule has 0 unspecified atom stereocenters. The molecule has 7 heteroatoms. The van der Waals surface area contributed by atoms with Crippen LogP contribution in [-0.4, -0.2) is 17.9 Å². The molecule has 0 saturated heterocycles. The first kappa shape index (κ1) is 13.0. The normalized spacial score (nSPS) is 10.8. The van der Waals surface area contributed by atoms with Gasteiger partial charge in [0.1, 0.15) is 0 Å². The Morgan fingerprint density at radius 1 is 1.59 bits per heavy atom. The van der Waals surface area contributed by atoms with Crippen molar-refractivity contribution in [1.29, 1.82) is 5.26 Å². The topological polar surface area (TPSA) is 65.8 Å². The molecule has 4 nitrogen and oxygen atoms in total. The number of rotatable bonds is 2. The molecular formula is C10H8F3N3O. The number of amides is 1. The van der Waals surface area contributed by atoms with Crippen molar-refractivity contribution in [3.63, 3.8) is 0 Å². The van der Waals surface area contributed by atoms with E-state index in [1.54, 1.807) is 6.07 Å². The second-order valence-electron chi connectivity index (χ2n) is 3.09. The van der Waals surface area contributed by atoms with Gasteiger partial charge in [-0.15, -0.1) is 0 Å². The van der Waals surface area contributed by atoms with Gasteiger partial charge in [-0.1, -0.05) is 0 Å². The number of halogens is 3. The maximum Gasteiger partial charge on any atom is 0.417 e. The molecule has 1 heterocycles. The Morgan fingerprint density at radius 2 is 2.24 bits per heavy atom. The molecule has 1 N–H and O–H groups in total. The Morgan fingerprint density at radius 3 is 2.71 bits per heavy atom. The van der Waals surface area contributed by atoms with Gasteiger partial charge in [-0.2, -0.15) is 18.4 Å². The third kappa shape index (κ3) is 2.72. The number of alkyl halides is 3. The largest absolute Gasteiger partial charge is 0.417 e. The molecule has 1 rings (SSSR count). The quantitative estimate of drug-likeness (QED) is 0.856. The summed E-state index contributed by atoms with van der Waals surface area (Å²) in [6, 6.07) is 2.39. The third-order valence-electron chi connectivity index (χ3n) is 2.04. The van der Waals surface area contributed by atoms with Crippen LogP contribution in [0.3, 0.4) is 0 Å². The van der Waals surface area contributed by atoms with E-state index in [9.17, 15) is 18.0 Å². The Labute approximate surface area is 95.1 Å². The zero-order chi connectivity index (χ0) is 13.1. The van der Waals surface area contributed by atoms with Gasteiger partial charge in [0.05, 0.1) is 29.3 Å². The minimum absolute atomic E-state index is 0.179. The summed E-state index contributed by atoms with van der Waals surface area (Å²) in [5.41, 5.74) is -1.86. The van der Waals surface area contributed by atoms with Crippen molar-refractivity contribution in [2.24, 2.45) is 0 Å². The Hall–Kier alpha value is -2.10. The second kappa shape index (κ2) is 4.82. The second-order valence-corrected chi connectivity index (χ2v) is 3.09. The van der Waals surface area contributed by atoms with Crippen molar-refractivity contribution in [2.75, 3.05) is 7.05 Å². The highest BCUT2D eigenvalue weighted by Gasteiger charge is 2.36. The molecule has 0 aromatic carbocycles. The molecule has 90 valence electrons. The van der Waals surface area contributed by atoms with Crippen LogP contribution in [0.15, 0.2) is 12.3 Å². The zero-order valence-electron chi connectivity index (χ0n) is 8.80. The van der Waals surface area contributed by atoms with E-state index in [-0.39, 0.29) is 12.1 Å². The van der Waals surface area contributed by atoms with Crippen LogP contribution in [0.2, 0.25) is 0 Å². The summed E-state index contributed by atoms with van der Waals surface area (Å²) in [6.07, 6.45) is -4.08. The predicted octanol–water partition coefficient (Wildman–Crippen LogP) is 1.53. The first-order valence-corrected chi connectivity index (χ1v) is 4.56. The molecule has 0 aliphatic heterocycles. The fourth-order valence-electron chi connectivity index (χ4n) is 1.33. The van der Waals surface area contributed by atoms with Crippen molar-refractivity contribution >= 4 is 5.91 Å². The summed E-state index contributed by atoms with van der Waals surface area (Å²) in [5.74, 6) is -0.907. The molecule has 1 aromatic rings. The van der Waals surface area contributed by atoms with E-state index in [0.29, 0.717) is 6.07 Å². The van der Waals surface area contributed by atoms with Crippen LogP contribution in [-0.2, 0) is 12.6 Å². The van der Waals surface area contributed by atoms with Gasteiger partial charge in [0, 0.05) is 13.2 Å². The van der Waals surface area contributed by atoms with Gasteiger partial charge in [-0.3, -0.25) is 9.78 Å². The summed E-state index contributed by atoms with van der Waals surface area (Å²) in [4.78, 5) is 15.0. The molecular weight excluding hydrogens is 235 g/mol. The molecule has 0 aliphatic carbocycles. The number of hydrogen-bond acceptors (Lipinski definition) is 3. The lowest BCUT2D eigenvalue weighted by molar-refractivity contribution is -0.138. The number of carbonyl (C=O) groups excluding carboxylic acids is 1. The van der Waals surface area contributed by atoms with E-state index in [2.05, 4.69) is 10.3 Å². The van der Waals surface area contributed by atoms with Crippen LogP contribution >= 0.6 is 0 Å². The van der Waals surface area contributed by atoms with Crippen molar-refractivity contribution < 1.29 is 18.0 Å². The number of pyridine rings is 1. The molecule has 0 fully saturated rings. The summed E-state index contributed by atoms with van der Waals surface area (Å²) < 4.78 is 38.0. The first-order chi connectivity index (χ1) is 7.91. The summed E-state index contributed by atoms with van der Waals surface area (Å²) in [5, 5.41) is 10.6. The number of carbonyl (C=O) groups is 1. The summed E-state index contributed by atoms with van der Waals surface area (Å²) >= 11 is 0. The van der Waals surface area contributed by atoms with E-state index in [1.165, 1.54) is 7.05 Å². The fraction of sp³-hybridized carbons (Fsp3) is 0.300. The fourth-order valence-corrected chi connectivity index (χ4v) is 1.33. The SMILES string of the molecule is CNC(=O)c1c(C(F)(F)F)ccnc1CC#N. The number of nitrogens with one attached hydrogen (secondary N) is 1. The molecule has 0 radical (unpaired) electrons. The first-order valence-electron chi connectivity index (χ1n) is 4.56. The van der Waals surface area contributed by atoms with Gasteiger partial charge in [0.2, 0.25) is 0 Å². The minimum Gasteiger partial charge on any atom is -0.355 e. The van der Waals surface area contributed by atoms with Crippen LogP contribution in [0.4, 0.5) is 13.2 Å². The van der Waals surface area contributed by atoms with E-state index < -0.39 is 23.2 Å². The highest BCUT2D eigenvalue weighted by molar-refractivity contribution is 5.96. The molecule has 0 atom stereocenters. The van der Waals surface area contributed by atoms with Crippen LogP contribution in [0.25, 0.3) is 0 Å². The summed E-state index contributed by atoms with van der Waals surface area (Å²) in [6.45, 7) is 0. The number of nitriles is 1. The van der Waals surface area contributed by atoms with E-state index in [1.807, 2.05) is 0 Å². The lowest BCUT2D eigenvalue weighted by Gasteiger charge is -2.13. The van der Waals surface area contributed by atoms with E-state index in [4.69, 9.17) is 5.26 Å². The van der Waals surface area contributed by atoms with Gasteiger partial charge >= 0.3 is 6.18 Å². The van der Waals surface area contributed by atoms with Gasteiger partial charge in [0.15, 0.2) is 0 Å². The number of aromatic nitrogens is 1. The highest BCUT2D eigenvalue weighted by Crippen LogP contribution is 2.32. The highest BCUT2D eigenvalue weighted by atomic mass is 19.4. The predicted molar refractivity (Wildman–Crippen MR) is 51.9 cm³/mol. The van der Waals surface area contributed by atoms with Crippen molar-refractivity contribution in [1.82, 2.24) is 10.3 Å². The lowest BCUT2D eigenvalue weighted by Crippen LogP contribution is -2.25. The third-order valence-corrected chi connectivity index (χ3v) is 2.04. The zero-order valence-corrected chi connectivity index (χ0v) is 8.80. The van der Waals surface area contributed by atoms with Crippen LogP contribution in [0.5, 0.6) is 0 Å².